The van der Waals surface area contributed by atoms with E-state index in [4.69, 9.17) is 0 Å². The van der Waals surface area contributed by atoms with Gasteiger partial charge in [-0.1, -0.05) is 81.4 Å². The van der Waals surface area contributed by atoms with Gasteiger partial charge in [0.25, 0.3) is 0 Å². The summed E-state index contributed by atoms with van der Waals surface area (Å²) in [6, 6.07) is 39.9. The molecule has 0 amide bonds. The molecule has 5 aromatic carbocycles. The van der Waals surface area contributed by atoms with Gasteiger partial charge in [0.1, 0.15) is 0 Å². The molecule has 0 aliphatic heterocycles. The van der Waals surface area contributed by atoms with Crippen molar-refractivity contribution in [3.05, 3.63) is 115 Å². The Labute approximate surface area is 210 Å². The molecule has 0 fully saturated rings. The molecule has 0 aliphatic carbocycles. The van der Waals surface area contributed by atoms with Crippen molar-refractivity contribution in [1.29, 1.82) is 0 Å². The molecule has 2 aromatic heterocycles. The fourth-order valence-electron chi connectivity index (χ4n) is 5.55. The zero-order valence-electron chi connectivity index (χ0n) is 20.8. The molecule has 0 unspecified atom stereocenters. The van der Waals surface area contributed by atoms with Crippen LogP contribution in [0.25, 0.3) is 60.4 Å². The Bertz CT molecular complexity index is 1850. The van der Waals surface area contributed by atoms with E-state index in [1.54, 1.807) is 0 Å². The van der Waals surface area contributed by atoms with Gasteiger partial charge in [0.05, 0.1) is 11.0 Å². The molecular formula is C34H28N2. The molecule has 0 saturated carbocycles. The van der Waals surface area contributed by atoms with Gasteiger partial charge >= 0.3 is 0 Å². The van der Waals surface area contributed by atoms with Gasteiger partial charge < -0.3 is 9.55 Å². The van der Waals surface area contributed by atoms with Crippen LogP contribution in [0.2, 0.25) is 0 Å². The van der Waals surface area contributed by atoms with Crippen molar-refractivity contribution >= 4 is 43.6 Å². The van der Waals surface area contributed by atoms with E-state index in [9.17, 15) is 0 Å². The van der Waals surface area contributed by atoms with Crippen LogP contribution in [0.4, 0.5) is 0 Å². The highest BCUT2D eigenvalue weighted by atomic mass is 15.0. The fraction of sp³-hybridized carbons (Fsp3) is 0.118. The predicted octanol–water partition coefficient (Wildman–Crippen LogP) is 9.38. The van der Waals surface area contributed by atoms with Crippen LogP contribution in [0.5, 0.6) is 0 Å². The monoisotopic (exact) mass is 464 g/mol. The highest BCUT2D eigenvalue weighted by molar-refractivity contribution is 6.10. The summed E-state index contributed by atoms with van der Waals surface area (Å²) in [5, 5.41) is 5.15. The molecule has 2 nitrogen and oxygen atoms in total. The van der Waals surface area contributed by atoms with Crippen molar-refractivity contribution in [3.63, 3.8) is 0 Å². The summed E-state index contributed by atoms with van der Waals surface area (Å²) in [5.74, 6) is 0. The third-order valence-corrected chi connectivity index (χ3v) is 7.50. The third kappa shape index (κ3) is 3.18. The predicted molar refractivity (Wildman–Crippen MR) is 154 cm³/mol. The number of H-pyrrole nitrogens is 1. The molecule has 7 aromatic rings. The van der Waals surface area contributed by atoms with Crippen LogP contribution in [0.3, 0.4) is 0 Å². The summed E-state index contributed by atoms with van der Waals surface area (Å²) in [5.41, 5.74) is 9.97. The quantitative estimate of drug-likeness (QED) is 0.263. The Morgan fingerprint density at radius 2 is 1.08 bits per heavy atom. The van der Waals surface area contributed by atoms with Gasteiger partial charge in [-0.05, 0) is 70.6 Å². The van der Waals surface area contributed by atoms with Crippen molar-refractivity contribution in [2.75, 3.05) is 0 Å². The third-order valence-electron chi connectivity index (χ3n) is 7.50. The van der Waals surface area contributed by atoms with Crippen molar-refractivity contribution in [3.8, 4) is 16.8 Å². The van der Waals surface area contributed by atoms with Gasteiger partial charge in [0.15, 0.2) is 0 Å². The zero-order chi connectivity index (χ0) is 24.4. The number of aromatic nitrogens is 2. The number of nitrogens with zero attached hydrogens (tertiary/aromatic N) is 1. The Hall–Kier alpha value is -4.30. The van der Waals surface area contributed by atoms with Crippen molar-refractivity contribution in [2.24, 2.45) is 0 Å². The largest absolute Gasteiger partial charge is 0.355 e. The summed E-state index contributed by atoms with van der Waals surface area (Å²) in [6.45, 7) is 6.81. The first-order valence-electron chi connectivity index (χ1n) is 12.6. The van der Waals surface area contributed by atoms with Crippen LogP contribution >= 0.6 is 0 Å². The lowest BCUT2D eigenvalue weighted by Gasteiger charge is -2.18. The molecule has 0 radical (unpaired) electrons. The van der Waals surface area contributed by atoms with Gasteiger partial charge in [-0.2, -0.15) is 0 Å². The first-order valence-corrected chi connectivity index (χ1v) is 12.6. The van der Waals surface area contributed by atoms with Gasteiger partial charge in [-0.25, -0.2) is 0 Å². The molecule has 0 bridgehead atoms. The van der Waals surface area contributed by atoms with Crippen LogP contribution < -0.4 is 0 Å². The normalized spacial score (nSPS) is 12.3. The summed E-state index contributed by atoms with van der Waals surface area (Å²) >= 11 is 0. The first kappa shape index (κ1) is 21.0. The topological polar surface area (TPSA) is 20.7 Å². The lowest BCUT2D eigenvalue weighted by molar-refractivity contribution is 0.591. The van der Waals surface area contributed by atoms with E-state index in [1.165, 1.54) is 66.0 Å². The summed E-state index contributed by atoms with van der Waals surface area (Å²) in [6.07, 6.45) is 0. The molecule has 0 spiro atoms. The van der Waals surface area contributed by atoms with Crippen molar-refractivity contribution in [1.82, 2.24) is 9.55 Å². The van der Waals surface area contributed by atoms with Gasteiger partial charge in [0.2, 0.25) is 0 Å². The molecule has 36 heavy (non-hydrogen) atoms. The summed E-state index contributed by atoms with van der Waals surface area (Å²) < 4.78 is 2.37. The molecule has 0 aliphatic rings. The number of nitrogens with one attached hydrogen (secondary N) is 1. The molecular weight excluding hydrogens is 436 g/mol. The van der Waals surface area contributed by atoms with E-state index in [2.05, 4.69) is 140 Å². The van der Waals surface area contributed by atoms with E-state index in [-0.39, 0.29) is 5.41 Å². The van der Waals surface area contributed by atoms with E-state index in [1.807, 2.05) is 0 Å². The molecule has 0 saturated heterocycles. The van der Waals surface area contributed by atoms with Crippen LogP contribution in [-0.2, 0) is 5.41 Å². The van der Waals surface area contributed by atoms with E-state index < -0.39 is 0 Å². The maximum Gasteiger partial charge on any atom is 0.0541 e. The summed E-state index contributed by atoms with van der Waals surface area (Å²) in [7, 11) is 0. The van der Waals surface area contributed by atoms with Gasteiger partial charge in [-0.3, -0.25) is 0 Å². The zero-order valence-corrected chi connectivity index (χ0v) is 20.8. The lowest BCUT2D eigenvalue weighted by atomic mass is 9.86. The molecule has 7 rings (SSSR count). The summed E-state index contributed by atoms with van der Waals surface area (Å²) in [4.78, 5) is 3.59. The number of hydrogen-bond donors (Lipinski definition) is 1. The van der Waals surface area contributed by atoms with Crippen LogP contribution in [0.15, 0.2) is 109 Å². The van der Waals surface area contributed by atoms with E-state index >= 15 is 0 Å². The van der Waals surface area contributed by atoms with E-state index in [0.29, 0.717) is 0 Å². The Kier molecular flexibility index (Phi) is 4.44. The molecule has 0 atom stereocenters. The van der Waals surface area contributed by atoms with Crippen LogP contribution in [-0.4, -0.2) is 9.55 Å². The van der Waals surface area contributed by atoms with Crippen LogP contribution in [0, 0.1) is 0 Å². The number of aromatic amines is 1. The minimum Gasteiger partial charge on any atom is -0.355 e. The smallest absolute Gasteiger partial charge is 0.0541 e. The number of fused-ring (bicyclic) bond motifs is 6. The number of para-hydroxylation sites is 2. The SMILES string of the molecule is CC(C)(C)c1ccc2[nH]c3ccc(-c4ccc(-n5c6ccccc6c6ccccc65)cc4)cc3c2c1. The maximum atomic E-state index is 3.59. The average molecular weight is 465 g/mol. The van der Waals surface area contributed by atoms with Crippen molar-refractivity contribution in [2.45, 2.75) is 26.2 Å². The van der Waals surface area contributed by atoms with E-state index in [0.717, 1.165) is 0 Å². The molecule has 2 heteroatoms. The number of hydrogen-bond acceptors (Lipinski definition) is 0. The highest BCUT2D eigenvalue weighted by Crippen LogP contribution is 2.35. The van der Waals surface area contributed by atoms with Gasteiger partial charge in [0, 0.05) is 38.3 Å². The van der Waals surface area contributed by atoms with Crippen LogP contribution in [0.1, 0.15) is 26.3 Å². The maximum absolute atomic E-state index is 3.59. The molecule has 1 N–H and O–H groups in total. The fourth-order valence-corrected chi connectivity index (χ4v) is 5.55. The Balaban J connectivity index is 1.35. The van der Waals surface area contributed by atoms with Gasteiger partial charge in [-0.15, -0.1) is 0 Å². The Morgan fingerprint density at radius 1 is 0.528 bits per heavy atom. The average Bonchev–Trinajstić information content (AvgIpc) is 3.43. The standard InChI is InChI=1S/C34H28N2/c1-34(2,3)24-15-19-31-29(21-24)28-20-23(14-18-30(28)35-31)22-12-16-25(17-13-22)36-32-10-6-4-8-26(32)27-9-5-7-11-33(27)36/h4-21,35H,1-3H3. The minimum atomic E-state index is 0.123. The highest BCUT2D eigenvalue weighted by Gasteiger charge is 2.16. The Morgan fingerprint density at radius 3 is 1.72 bits per heavy atom. The second-order valence-corrected chi connectivity index (χ2v) is 10.8. The second-order valence-electron chi connectivity index (χ2n) is 10.8. The minimum absolute atomic E-state index is 0.123. The second kappa shape index (κ2) is 7.60. The number of benzene rings is 5. The molecule has 2 heterocycles. The van der Waals surface area contributed by atoms with Crippen molar-refractivity contribution < 1.29 is 0 Å². The number of rotatable bonds is 2. The lowest BCUT2D eigenvalue weighted by Crippen LogP contribution is -2.10. The molecule has 174 valence electrons. The first-order chi connectivity index (χ1) is 17.5.